The van der Waals surface area contributed by atoms with Crippen molar-refractivity contribution in [3.63, 3.8) is 0 Å². The predicted molar refractivity (Wildman–Crippen MR) is 124 cm³/mol. The number of hydrogen-bond donors (Lipinski definition) is 0. The van der Waals surface area contributed by atoms with Gasteiger partial charge in [-0.3, -0.25) is 4.79 Å². The molecule has 5 nitrogen and oxygen atoms in total. The van der Waals surface area contributed by atoms with Crippen molar-refractivity contribution in [1.29, 1.82) is 5.26 Å². The van der Waals surface area contributed by atoms with E-state index in [4.69, 9.17) is 11.6 Å². The number of amides is 1. The van der Waals surface area contributed by atoms with Gasteiger partial charge in [0.25, 0.3) is 0 Å². The minimum absolute atomic E-state index is 0.167. The number of carbonyl (C=O) groups excluding carboxylic acids is 1. The highest BCUT2D eigenvalue weighted by atomic mass is 35.5. The van der Waals surface area contributed by atoms with Crippen molar-refractivity contribution in [3.05, 3.63) is 76.6 Å². The minimum atomic E-state index is -0.695. The van der Waals surface area contributed by atoms with Crippen LogP contribution in [0.3, 0.4) is 0 Å². The smallest absolute Gasteiger partial charge is 0.223 e. The van der Waals surface area contributed by atoms with Gasteiger partial charge in [-0.05, 0) is 56.9 Å². The van der Waals surface area contributed by atoms with Crippen molar-refractivity contribution in [1.82, 2.24) is 14.5 Å². The number of nitriles is 1. The average Bonchev–Trinajstić information content (AvgIpc) is 3.47. The van der Waals surface area contributed by atoms with E-state index in [-0.39, 0.29) is 18.0 Å². The highest BCUT2D eigenvalue weighted by Gasteiger charge is 2.47. The third-order valence-electron chi connectivity index (χ3n) is 7.15. The van der Waals surface area contributed by atoms with Crippen LogP contribution < -0.4 is 0 Å². The van der Waals surface area contributed by atoms with Crippen molar-refractivity contribution in [2.75, 3.05) is 0 Å². The van der Waals surface area contributed by atoms with Gasteiger partial charge in [0.2, 0.25) is 5.91 Å². The second-order valence-electron chi connectivity index (χ2n) is 8.90. The Labute approximate surface area is 193 Å². The molecule has 1 aromatic heterocycles. The number of benzene rings is 2. The summed E-state index contributed by atoms with van der Waals surface area (Å²) in [6, 6.07) is 16.4. The second-order valence-corrected chi connectivity index (χ2v) is 9.34. The van der Waals surface area contributed by atoms with E-state index in [0.717, 1.165) is 35.4 Å². The van der Waals surface area contributed by atoms with E-state index in [1.807, 2.05) is 53.6 Å². The molecule has 0 saturated carbocycles. The van der Waals surface area contributed by atoms with Gasteiger partial charge in [-0.2, -0.15) is 5.26 Å². The Morgan fingerprint density at radius 1 is 1.19 bits per heavy atom. The predicted octanol–water partition coefficient (Wildman–Crippen LogP) is 5.36. The number of fused-ring (bicyclic) bond motifs is 3. The molecule has 6 heteroatoms. The lowest BCUT2D eigenvalue weighted by atomic mass is 9.77. The number of nitrogens with zero attached hydrogens (tertiary/aromatic N) is 4. The number of imidazole rings is 1. The van der Waals surface area contributed by atoms with Gasteiger partial charge in [0.05, 0.1) is 17.2 Å². The molecule has 0 N–H and O–H groups in total. The summed E-state index contributed by atoms with van der Waals surface area (Å²) in [5.74, 6) is 0.989. The van der Waals surface area contributed by atoms with Crippen LogP contribution in [0, 0.1) is 11.3 Å². The fourth-order valence-electron chi connectivity index (χ4n) is 5.71. The molecule has 3 unspecified atom stereocenters. The molecule has 32 heavy (non-hydrogen) atoms. The van der Waals surface area contributed by atoms with E-state index < -0.39 is 5.54 Å². The average molecular weight is 445 g/mol. The van der Waals surface area contributed by atoms with Crippen LogP contribution in [-0.2, 0) is 10.3 Å². The van der Waals surface area contributed by atoms with Crippen molar-refractivity contribution < 1.29 is 4.79 Å². The lowest BCUT2D eigenvalue weighted by Crippen LogP contribution is -2.41. The van der Waals surface area contributed by atoms with Gasteiger partial charge in [0, 0.05) is 47.0 Å². The Hall–Kier alpha value is -3.10. The third-order valence-corrected chi connectivity index (χ3v) is 7.41. The standard InChI is InChI=1S/C26H25ClN4O/c1-17-6-7-18(2)31(17)23(32)12-13-26(20-8-10-21(27)11-9-20)24-19(16-28)4-3-5-22(24)25-29-14-15-30(25)26/h3-5,8-11,14-15,17-18H,6-7,12-13H2,1-2H3. The molecule has 0 radical (unpaired) electrons. The van der Waals surface area contributed by atoms with Gasteiger partial charge in [0.15, 0.2) is 0 Å². The van der Waals surface area contributed by atoms with Crippen molar-refractivity contribution in [2.24, 2.45) is 0 Å². The molecular formula is C26H25ClN4O. The maximum absolute atomic E-state index is 13.4. The molecule has 1 saturated heterocycles. The normalized spacial score (nSPS) is 23.6. The summed E-state index contributed by atoms with van der Waals surface area (Å²) in [7, 11) is 0. The SMILES string of the molecule is CC1CCC(C)N1C(=O)CCC1(c2ccc(Cl)cc2)c2c(C#N)cccc2-c2nccn21. The molecule has 0 aliphatic carbocycles. The van der Waals surface area contributed by atoms with Crippen LogP contribution in [0.4, 0.5) is 0 Å². The first kappa shape index (κ1) is 20.8. The zero-order valence-corrected chi connectivity index (χ0v) is 19.0. The number of carbonyl (C=O) groups is 1. The zero-order valence-electron chi connectivity index (χ0n) is 18.3. The van der Waals surface area contributed by atoms with Gasteiger partial charge in [-0.25, -0.2) is 4.98 Å². The summed E-state index contributed by atoms with van der Waals surface area (Å²) in [5, 5.41) is 10.6. The van der Waals surface area contributed by atoms with Gasteiger partial charge in [-0.1, -0.05) is 35.9 Å². The Balaban J connectivity index is 1.66. The van der Waals surface area contributed by atoms with E-state index in [0.29, 0.717) is 23.4 Å². The van der Waals surface area contributed by atoms with Crippen LogP contribution in [-0.4, -0.2) is 32.4 Å². The van der Waals surface area contributed by atoms with Gasteiger partial charge < -0.3 is 9.47 Å². The summed E-state index contributed by atoms with van der Waals surface area (Å²) in [4.78, 5) is 20.0. The summed E-state index contributed by atoms with van der Waals surface area (Å²) >= 11 is 6.22. The minimum Gasteiger partial charge on any atom is -0.337 e. The molecule has 2 aromatic carbocycles. The molecule has 0 bridgehead atoms. The Bertz CT molecular complexity index is 1220. The van der Waals surface area contributed by atoms with Crippen molar-refractivity contribution in [2.45, 2.75) is 57.2 Å². The fourth-order valence-corrected chi connectivity index (χ4v) is 5.84. The number of halogens is 1. The van der Waals surface area contributed by atoms with Gasteiger partial charge in [-0.15, -0.1) is 0 Å². The molecule has 0 spiro atoms. The first-order chi connectivity index (χ1) is 15.5. The van der Waals surface area contributed by atoms with Crippen LogP contribution >= 0.6 is 11.6 Å². The maximum atomic E-state index is 13.4. The largest absolute Gasteiger partial charge is 0.337 e. The highest BCUT2D eigenvalue weighted by Crippen LogP contribution is 2.51. The summed E-state index contributed by atoms with van der Waals surface area (Å²) in [6.07, 6.45) is 6.75. The van der Waals surface area contributed by atoms with Crippen LogP contribution in [0.2, 0.25) is 5.02 Å². The van der Waals surface area contributed by atoms with E-state index in [9.17, 15) is 10.1 Å². The molecular weight excluding hydrogens is 420 g/mol. The molecule has 3 aromatic rings. The van der Waals surface area contributed by atoms with E-state index >= 15 is 0 Å². The Morgan fingerprint density at radius 3 is 2.59 bits per heavy atom. The van der Waals surface area contributed by atoms with E-state index in [2.05, 4.69) is 29.5 Å². The first-order valence-corrected chi connectivity index (χ1v) is 11.5. The maximum Gasteiger partial charge on any atom is 0.223 e. The number of aromatic nitrogens is 2. The van der Waals surface area contributed by atoms with Gasteiger partial charge in [0.1, 0.15) is 5.82 Å². The van der Waals surface area contributed by atoms with Gasteiger partial charge >= 0.3 is 0 Å². The first-order valence-electron chi connectivity index (χ1n) is 11.1. The third kappa shape index (κ3) is 2.97. The summed E-state index contributed by atoms with van der Waals surface area (Å²) < 4.78 is 2.13. The van der Waals surface area contributed by atoms with Crippen LogP contribution in [0.5, 0.6) is 0 Å². The van der Waals surface area contributed by atoms with Crippen molar-refractivity contribution in [3.8, 4) is 17.5 Å². The molecule has 3 atom stereocenters. The Morgan fingerprint density at radius 2 is 1.91 bits per heavy atom. The number of hydrogen-bond acceptors (Lipinski definition) is 3. The lowest BCUT2D eigenvalue weighted by molar-refractivity contribution is -0.133. The summed E-state index contributed by atoms with van der Waals surface area (Å²) in [5.41, 5.74) is 2.78. The van der Waals surface area contributed by atoms with Crippen LogP contribution in [0.25, 0.3) is 11.4 Å². The van der Waals surface area contributed by atoms with Crippen molar-refractivity contribution >= 4 is 17.5 Å². The Kier molecular flexibility index (Phi) is 5.06. The topological polar surface area (TPSA) is 61.9 Å². The van der Waals surface area contributed by atoms with E-state index in [1.54, 1.807) is 6.20 Å². The number of rotatable bonds is 4. The van der Waals surface area contributed by atoms with Crippen LogP contribution in [0.1, 0.15) is 56.2 Å². The highest BCUT2D eigenvalue weighted by molar-refractivity contribution is 6.30. The second kappa shape index (κ2) is 7.79. The van der Waals surface area contributed by atoms with E-state index in [1.165, 1.54) is 0 Å². The molecule has 2 aliphatic heterocycles. The van der Waals surface area contributed by atoms with Crippen LogP contribution in [0.15, 0.2) is 54.9 Å². The quantitative estimate of drug-likeness (QED) is 0.544. The number of likely N-dealkylation sites (tertiary alicyclic amines) is 1. The molecule has 3 heterocycles. The fraction of sp³-hybridized carbons (Fsp3) is 0.346. The zero-order chi connectivity index (χ0) is 22.5. The molecule has 162 valence electrons. The molecule has 1 amide bonds. The molecule has 1 fully saturated rings. The molecule has 2 aliphatic rings. The summed E-state index contributed by atoms with van der Waals surface area (Å²) in [6.45, 7) is 4.26. The lowest BCUT2D eigenvalue weighted by Gasteiger charge is -2.35. The monoisotopic (exact) mass is 444 g/mol. The molecule has 5 rings (SSSR count).